The van der Waals surface area contributed by atoms with E-state index in [1.165, 1.54) is 0 Å². The number of rotatable bonds is 4. The van der Waals surface area contributed by atoms with Crippen molar-refractivity contribution >= 4 is 11.6 Å². The van der Waals surface area contributed by atoms with Gasteiger partial charge in [0.15, 0.2) is 11.6 Å². The maximum Gasteiger partial charge on any atom is 0.176 e. The molecular formula is C18H26N2O2. The van der Waals surface area contributed by atoms with Gasteiger partial charge in [-0.15, -0.1) is 0 Å². The standard InChI is InChI=1S/C18H26N2O2/c1-18(2,3)17(22)15-7-5-14(6-8-15)16(21)13-20-11-9-19(4)10-12-20/h5-8H,9-13H2,1-4H3. The third kappa shape index (κ3) is 4.24. The van der Waals surface area contributed by atoms with Crippen LogP contribution in [0.25, 0.3) is 0 Å². The van der Waals surface area contributed by atoms with Crippen LogP contribution in [-0.2, 0) is 0 Å². The number of hydrogen-bond acceptors (Lipinski definition) is 4. The van der Waals surface area contributed by atoms with Crippen LogP contribution in [0.1, 0.15) is 41.5 Å². The molecule has 0 radical (unpaired) electrons. The fourth-order valence-electron chi connectivity index (χ4n) is 2.54. The lowest BCUT2D eigenvalue weighted by Gasteiger charge is -2.31. The van der Waals surface area contributed by atoms with Crippen LogP contribution in [0.15, 0.2) is 24.3 Å². The van der Waals surface area contributed by atoms with E-state index in [0.29, 0.717) is 17.7 Å². The van der Waals surface area contributed by atoms with Crippen molar-refractivity contribution in [2.24, 2.45) is 5.41 Å². The van der Waals surface area contributed by atoms with Gasteiger partial charge in [-0.1, -0.05) is 45.0 Å². The third-order valence-electron chi connectivity index (χ3n) is 4.11. The van der Waals surface area contributed by atoms with Crippen molar-refractivity contribution in [3.63, 3.8) is 0 Å². The normalized spacial score (nSPS) is 17.5. The Balaban J connectivity index is 1.98. The van der Waals surface area contributed by atoms with Gasteiger partial charge in [0.25, 0.3) is 0 Å². The van der Waals surface area contributed by atoms with Crippen LogP contribution in [-0.4, -0.2) is 61.1 Å². The number of ketones is 2. The van der Waals surface area contributed by atoms with E-state index in [9.17, 15) is 9.59 Å². The maximum atomic E-state index is 12.3. The van der Waals surface area contributed by atoms with E-state index in [2.05, 4.69) is 16.8 Å². The average Bonchev–Trinajstić information content (AvgIpc) is 2.48. The summed E-state index contributed by atoms with van der Waals surface area (Å²) in [5, 5.41) is 0. The Bertz CT molecular complexity index is 535. The number of carbonyl (C=O) groups is 2. The van der Waals surface area contributed by atoms with E-state index < -0.39 is 5.41 Å². The molecule has 0 spiro atoms. The second-order valence-electron chi connectivity index (χ2n) is 7.16. The molecule has 1 aromatic carbocycles. The van der Waals surface area contributed by atoms with E-state index in [0.717, 1.165) is 26.2 Å². The van der Waals surface area contributed by atoms with Crippen LogP contribution in [0.5, 0.6) is 0 Å². The molecule has 0 aromatic heterocycles. The molecule has 4 heteroatoms. The Hall–Kier alpha value is -1.52. The number of piperazine rings is 1. The monoisotopic (exact) mass is 302 g/mol. The fourth-order valence-corrected chi connectivity index (χ4v) is 2.54. The molecule has 0 atom stereocenters. The summed E-state index contributed by atoms with van der Waals surface area (Å²) in [6.07, 6.45) is 0. The molecule has 0 N–H and O–H groups in total. The summed E-state index contributed by atoms with van der Waals surface area (Å²) < 4.78 is 0. The van der Waals surface area contributed by atoms with Gasteiger partial charge in [-0.2, -0.15) is 0 Å². The molecule has 1 aliphatic heterocycles. The Kier molecular flexibility index (Phi) is 5.14. The predicted octanol–water partition coefficient (Wildman–Crippen LogP) is 2.35. The number of Topliss-reactive ketones (excluding diaryl/α,β-unsaturated/α-hetero) is 2. The molecule has 0 bridgehead atoms. The molecule has 1 heterocycles. The molecule has 0 unspecified atom stereocenters. The smallest absolute Gasteiger partial charge is 0.176 e. The zero-order valence-electron chi connectivity index (χ0n) is 14.1. The summed E-state index contributed by atoms with van der Waals surface area (Å²) in [6.45, 7) is 10.1. The van der Waals surface area contributed by atoms with E-state index in [4.69, 9.17) is 0 Å². The minimum atomic E-state index is -0.397. The second-order valence-corrected chi connectivity index (χ2v) is 7.16. The lowest BCUT2D eigenvalue weighted by molar-refractivity contribution is 0.0854. The van der Waals surface area contributed by atoms with E-state index in [1.54, 1.807) is 24.3 Å². The van der Waals surface area contributed by atoms with Gasteiger partial charge in [-0.05, 0) is 7.05 Å². The lowest BCUT2D eigenvalue weighted by atomic mass is 9.86. The van der Waals surface area contributed by atoms with Gasteiger partial charge < -0.3 is 4.90 Å². The number of carbonyl (C=O) groups excluding carboxylic acids is 2. The topological polar surface area (TPSA) is 40.6 Å². The Labute approximate surface area is 133 Å². The molecule has 1 fully saturated rings. The first-order valence-corrected chi connectivity index (χ1v) is 7.86. The van der Waals surface area contributed by atoms with Crippen LogP contribution < -0.4 is 0 Å². The summed E-state index contributed by atoms with van der Waals surface area (Å²) in [5.74, 6) is 0.227. The first-order chi connectivity index (χ1) is 10.3. The highest BCUT2D eigenvalue weighted by atomic mass is 16.1. The average molecular weight is 302 g/mol. The summed E-state index contributed by atoms with van der Waals surface area (Å²) in [4.78, 5) is 29.0. The summed E-state index contributed by atoms with van der Waals surface area (Å²) >= 11 is 0. The molecular weight excluding hydrogens is 276 g/mol. The first-order valence-electron chi connectivity index (χ1n) is 7.86. The van der Waals surface area contributed by atoms with Crippen molar-refractivity contribution < 1.29 is 9.59 Å². The molecule has 2 rings (SSSR count). The van der Waals surface area contributed by atoms with Crippen LogP contribution in [0.4, 0.5) is 0 Å². The van der Waals surface area contributed by atoms with Crippen molar-refractivity contribution in [1.29, 1.82) is 0 Å². The molecule has 0 amide bonds. The molecule has 4 nitrogen and oxygen atoms in total. The zero-order valence-corrected chi connectivity index (χ0v) is 14.1. The van der Waals surface area contributed by atoms with Gasteiger partial charge in [0.05, 0.1) is 6.54 Å². The summed E-state index contributed by atoms with van der Waals surface area (Å²) in [6, 6.07) is 7.09. The Morgan fingerprint density at radius 1 is 0.955 bits per heavy atom. The quantitative estimate of drug-likeness (QED) is 0.801. The van der Waals surface area contributed by atoms with E-state index >= 15 is 0 Å². The predicted molar refractivity (Wildman–Crippen MR) is 88.5 cm³/mol. The minimum Gasteiger partial charge on any atom is -0.304 e. The lowest BCUT2D eigenvalue weighted by Crippen LogP contribution is -2.46. The van der Waals surface area contributed by atoms with Crippen molar-refractivity contribution in [2.45, 2.75) is 20.8 Å². The number of likely N-dealkylation sites (N-methyl/N-ethyl adjacent to an activating group) is 1. The van der Waals surface area contributed by atoms with Crippen molar-refractivity contribution in [3.8, 4) is 0 Å². The van der Waals surface area contributed by atoms with Gasteiger partial charge >= 0.3 is 0 Å². The molecule has 1 saturated heterocycles. The molecule has 1 aromatic rings. The largest absolute Gasteiger partial charge is 0.304 e. The Morgan fingerprint density at radius 3 is 1.95 bits per heavy atom. The summed E-state index contributed by atoms with van der Waals surface area (Å²) in [7, 11) is 2.10. The van der Waals surface area contributed by atoms with Crippen molar-refractivity contribution in [1.82, 2.24) is 9.80 Å². The van der Waals surface area contributed by atoms with Gasteiger partial charge in [0, 0.05) is 42.7 Å². The van der Waals surface area contributed by atoms with E-state index in [-0.39, 0.29) is 11.6 Å². The van der Waals surface area contributed by atoms with Crippen LogP contribution >= 0.6 is 0 Å². The minimum absolute atomic E-state index is 0.102. The molecule has 0 saturated carbocycles. The van der Waals surface area contributed by atoms with Gasteiger partial charge in [-0.25, -0.2) is 0 Å². The van der Waals surface area contributed by atoms with Gasteiger partial charge in [-0.3, -0.25) is 14.5 Å². The number of benzene rings is 1. The van der Waals surface area contributed by atoms with E-state index in [1.807, 2.05) is 20.8 Å². The van der Waals surface area contributed by atoms with Crippen molar-refractivity contribution in [3.05, 3.63) is 35.4 Å². The SMILES string of the molecule is CN1CCN(CC(=O)c2ccc(C(=O)C(C)(C)C)cc2)CC1. The zero-order chi connectivity index (χ0) is 16.3. The van der Waals surface area contributed by atoms with Crippen LogP contribution in [0, 0.1) is 5.41 Å². The maximum absolute atomic E-state index is 12.3. The van der Waals surface area contributed by atoms with Crippen LogP contribution in [0.2, 0.25) is 0 Å². The highest BCUT2D eigenvalue weighted by molar-refractivity contribution is 6.02. The molecule has 22 heavy (non-hydrogen) atoms. The van der Waals surface area contributed by atoms with Gasteiger partial charge in [0.2, 0.25) is 0 Å². The molecule has 120 valence electrons. The highest BCUT2D eigenvalue weighted by Gasteiger charge is 2.23. The first kappa shape index (κ1) is 16.8. The van der Waals surface area contributed by atoms with Crippen molar-refractivity contribution in [2.75, 3.05) is 39.8 Å². The fraction of sp³-hybridized carbons (Fsp3) is 0.556. The number of hydrogen-bond donors (Lipinski definition) is 0. The molecule has 0 aliphatic carbocycles. The second kappa shape index (κ2) is 6.71. The third-order valence-corrected chi connectivity index (χ3v) is 4.11. The Morgan fingerprint density at radius 2 is 1.45 bits per heavy atom. The van der Waals surface area contributed by atoms with Crippen LogP contribution in [0.3, 0.4) is 0 Å². The molecule has 1 aliphatic rings. The summed E-state index contributed by atoms with van der Waals surface area (Å²) in [5.41, 5.74) is 0.957. The van der Waals surface area contributed by atoms with Gasteiger partial charge in [0.1, 0.15) is 0 Å². The number of nitrogens with zero attached hydrogens (tertiary/aromatic N) is 2. The highest BCUT2D eigenvalue weighted by Crippen LogP contribution is 2.21.